The Morgan fingerprint density at radius 1 is 1.17 bits per heavy atom. The Balaban J connectivity index is 2.25. The topological polar surface area (TPSA) is 64.6 Å². The van der Waals surface area contributed by atoms with E-state index >= 15 is 0 Å². The van der Waals surface area contributed by atoms with Gasteiger partial charge in [0, 0.05) is 0 Å². The Kier molecular flexibility index (Phi) is 5.12. The van der Waals surface area contributed by atoms with Gasteiger partial charge in [-0.05, 0) is 51.7 Å². The van der Waals surface area contributed by atoms with Crippen molar-refractivity contribution in [1.29, 1.82) is 0 Å². The summed E-state index contributed by atoms with van der Waals surface area (Å²) in [4.78, 5) is -0.0385. The van der Waals surface area contributed by atoms with Crippen molar-refractivity contribution in [2.75, 3.05) is 6.54 Å². The molecule has 24 heavy (non-hydrogen) atoms. The molecule has 1 aromatic carbocycles. The Hall–Kier alpha value is -1.03. The predicted molar refractivity (Wildman–Crippen MR) is 88.1 cm³/mol. The molecule has 0 aliphatic carbocycles. The third-order valence-corrected chi connectivity index (χ3v) is 6.03. The third-order valence-electron chi connectivity index (χ3n) is 4.44. The molecule has 1 aliphatic rings. The summed E-state index contributed by atoms with van der Waals surface area (Å²) in [6.45, 7) is 8.38. The van der Waals surface area contributed by atoms with E-state index in [-0.39, 0.29) is 4.90 Å². The minimum absolute atomic E-state index is 0.0385. The van der Waals surface area contributed by atoms with Gasteiger partial charge in [-0.25, -0.2) is 21.9 Å². The summed E-state index contributed by atoms with van der Waals surface area (Å²) < 4.78 is 62.4. The van der Waals surface area contributed by atoms with Crippen LogP contribution in [0.3, 0.4) is 0 Å². The van der Waals surface area contributed by atoms with E-state index in [1.54, 1.807) is 19.1 Å². The lowest BCUT2D eigenvalue weighted by Gasteiger charge is -2.32. The van der Waals surface area contributed by atoms with Crippen molar-refractivity contribution in [2.24, 2.45) is 0 Å². The van der Waals surface area contributed by atoms with Crippen LogP contribution in [0, 0.1) is 6.92 Å². The number of halogens is 2. The fourth-order valence-electron chi connectivity index (χ4n) is 2.35. The smallest absolute Gasteiger partial charge is 0.399 e. The lowest BCUT2D eigenvalue weighted by Crippen LogP contribution is -2.41. The van der Waals surface area contributed by atoms with E-state index in [4.69, 9.17) is 9.31 Å². The highest BCUT2D eigenvalue weighted by Crippen LogP contribution is 2.36. The standard InChI is InChI=1S/C15H22BF2NO4S/c1-10-8-11(16-22-14(2,3)15(4,5)23-16)6-7-12(10)24(20,21)19-9-13(17)18/h6-8,13,19H,9H2,1-5H3. The number of rotatable bonds is 5. The minimum Gasteiger partial charge on any atom is -0.399 e. The van der Waals surface area contributed by atoms with Crippen LogP contribution in [0.1, 0.15) is 33.3 Å². The first kappa shape index (κ1) is 19.3. The molecule has 9 heteroatoms. The average molecular weight is 361 g/mol. The molecule has 1 aromatic rings. The molecule has 0 radical (unpaired) electrons. The number of alkyl halides is 2. The fraction of sp³-hybridized carbons (Fsp3) is 0.600. The number of hydrogen-bond donors (Lipinski definition) is 1. The number of aryl methyl sites for hydroxylation is 1. The van der Waals surface area contributed by atoms with Crippen LogP contribution in [0.5, 0.6) is 0 Å². The van der Waals surface area contributed by atoms with Crippen molar-refractivity contribution < 1.29 is 26.5 Å². The molecule has 1 saturated heterocycles. The summed E-state index contributed by atoms with van der Waals surface area (Å²) in [6, 6.07) is 4.59. The summed E-state index contributed by atoms with van der Waals surface area (Å²) in [6.07, 6.45) is -2.75. The van der Waals surface area contributed by atoms with E-state index in [0.29, 0.717) is 11.0 Å². The summed E-state index contributed by atoms with van der Waals surface area (Å²) in [7, 11) is -4.60. The fourth-order valence-corrected chi connectivity index (χ4v) is 3.58. The lowest BCUT2D eigenvalue weighted by molar-refractivity contribution is 0.00578. The normalized spacial score (nSPS) is 19.9. The third kappa shape index (κ3) is 3.79. The molecule has 0 unspecified atom stereocenters. The quantitative estimate of drug-likeness (QED) is 0.813. The monoisotopic (exact) mass is 361 g/mol. The average Bonchev–Trinajstić information content (AvgIpc) is 2.65. The summed E-state index contributed by atoms with van der Waals surface area (Å²) in [5.74, 6) is 0. The van der Waals surface area contributed by atoms with Crippen LogP contribution in [0.25, 0.3) is 0 Å². The second-order valence-electron chi connectivity index (χ2n) is 6.86. The molecule has 0 bridgehead atoms. The Morgan fingerprint density at radius 2 is 1.71 bits per heavy atom. The van der Waals surface area contributed by atoms with E-state index < -0.39 is 41.3 Å². The number of hydrogen-bond acceptors (Lipinski definition) is 4. The van der Waals surface area contributed by atoms with Crippen molar-refractivity contribution in [3.05, 3.63) is 23.8 Å². The molecule has 0 saturated carbocycles. The molecule has 0 spiro atoms. The van der Waals surface area contributed by atoms with Crippen LogP contribution in [0.2, 0.25) is 0 Å². The van der Waals surface area contributed by atoms with Crippen molar-refractivity contribution in [3.63, 3.8) is 0 Å². The van der Waals surface area contributed by atoms with Crippen LogP contribution in [0.4, 0.5) is 8.78 Å². The van der Waals surface area contributed by atoms with Gasteiger partial charge < -0.3 is 9.31 Å². The van der Waals surface area contributed by atoms with Gasteiger partial charge in [-0.1, -0.05) is 12.1 Å². The SMILES string of the molecule is Cc1cc(B2OC(C)(C)C(C)(C)O2)ccc1S(=O)(=O)NCC(F)F. The Morgan fingerprint density at radius 3 is 2.17 bits per heavy atom. The highest BCUT2D eigenvalue weighted by atomic mass is 32.2. The van der Waals surface area contributed by atoms with Gasteiger partial charge in [0.05, 0.1) is 22.6 Å². The van der Waals surface area contributed by atoms with Gasteiger partial charge in [0.2, 0.25) is 10.0 Å². The van der Waals surface area contributed by atoms with Crippen LogP contribution in [0.15, 0.2) is 23.1 Å². The van der Waals surface area contributed by atoms with Crippen LogP contribution < -0.4 is 10.2 Å². The molecule has 134 valence electrons. The molecular weight excluding hydrogens is 339 g/mol. The highest BCUT2D eigenvalue weighted by Gasteiger charge is 2.51. The van der Waals surface area contributed by atoms with E-state index in [2.05, 4.69) is 0 Å². The molecule has 1 fully saturated rings. The molecule has 1 N–H and O–H groups in total. The summed E-state index contributed by atoms with van der Waals surface area (Å²) >= 11 is 0. The van der Waals surface area contributed by atoms with E-state index in [9.17, 15) is 17.2 Å². The first-order valence-corrected chi connectivity index (χ1v) is 9.08. The maximum absolute atomic E-state index is 12.2. The second kappa shape index (κ2) is 6.36. The van der Waals surface area contributed by atoms with Crippen LogP contribution >= 0.6 is 0 Å². The largest absolute Gasteiger partial charge is 0.494 e. The number of sulfonamides is 1. The van der Waals surface area contributed by atoms with Crippen molar-refractivity contribution in [2.45, 2.75) is 57.1 Å². The van der Waals surface area contributed by atoms with Gasteiger partial charge in [0.15, 0.2) is 0 Å². The zero-order valence-electron chi connectivity index (χ0n) is 14.4. The van der Waals surface area contributed by atoms with E-state index in [1.165, 1.54) is 6.07 Å². The van der Waals surface area contributed by atoms with Crippen molar-refractivity contribution in [1.82, 2.24) is 4.72 Å². The van der Waals surface area contributed by atoms with Crippen molar-refractivity contribution in [3.8, 4) is 0 Å². The van der Waals surface area contributed by atoms with E-state index in [0.717, 1.165) is 0 Å². The van der Waals surface area contributed by atoms with Gasteiger partial charge in [-0.2, -0.15) is 0 Å². The predicted octanol–water partition coefficient (Wildman–Crippen LogP) is 1.84. The maximum atomic E-state index is 12.2. The molecule has 1 aliphatic heterocycles. The number of nitrogens with one attached hydrogen (secondary N) is 1. The van der Waals surface area contributed by atoms with Gasteiger partial charge in [-0.15, -0.1) is 0 Å². The maximum Gasteiger partial charge on any atom is 0.494 e. The highest BCUT2D eigenvalue weighted by molar-refractivity contribution is 7.89. The molecule has 0 aromatic heterocycles. The van der Waals surface area contributed by atoms with Gasteiger partial charge in [0.25, 0.3) is 6.43 Å². The molecule has 0 amide bonds. The van der Waals surface area contributed by atoms with Crippen LogP contribution in [-0.2, 0) is 19.3 Å². The molecule has 1 heterocycles. The molecule has 5 nitrogen and oxygen atoms in total. The zero-order chi connectivity index (χ0) is 18.3. The first-order chi connectivity index (χ1) is 10.9. The van der Waals surface area contributed by atoms with Gasteiger partial charge >= 0.3 is 7.12 Å². The van der Waals surface area contributed by atoms with Crippen molar-refractivity contribution >= 4 is 22.6 Å². The van der Waals surface area contributed by atoms with E-state index in [1.807, 2.05) is 32.4 Å². The number of benzene rings is 1. The Bertz CT molecular complexity index is 706. The lowest BCUT2D eigenvalue weighted by atomic mass is 9.78. The first-order valence-electron chi connectivity index (χ1n) is 7.60. The summed E-state index contributed by atoms with van der Waals surface area (Å²) in [5, 5.41) is 0. The van der Waals surface area contributed by atoms with Gasteiger partial charge in [0.1, 0.15) is 0 Å². The van der Waals surface area contributed by atoms with Crippen LogP contribution in [-0.4, -0.2) is 39.7 Å². The molecular formula is C15H22BF2NO4S. The second-order valence-corrected chi connectivity index (χ2v) is 8.59. The zero-order valence-corrected chi connectivity index (χ0v) is 15.2. The Labute approximate surface area is 141 Å². The minimum atomic E-state index is -3.98. The molecule has 0 atom stereocenters. The molecule has 2 rings (SSSR count). The van der Waals surface area contributed by atoms with Gasteiger partial charge in [-0.3, -0.25) is 0 Å². The summed E-state index contributed by atoms with van der Waals surface area (Å²) in [5.41, 5.74) is 0.104.